The van der Waals surface area contributed by atoms with Gasteiger partial charge in [-0.2, -0.15) is 0 Å². The summed E-state index contributed by atoms with van der Waals surface area (Å²) in [5.74, 6) is -6.56. The summed E-state index contributed by atoms with van der Waals surface area (Å²) in [6.45, 7) is 3.71. The van der Waals surface area contributed by atoms with Gasteiger partial charge in [-0.15, -0.1) is 0 Å². The minimum Gasteiger partial charge on any atom is -0.504 e. The van der Waals surface area contributed by atoms with Crippen LogP contribution < -0.4 is 4.74 Å². The van der Waals surface area contributed by atoms with E-state index >= 15 is 0 Å². The Morgan fingerprint density at radius 2 is 1.24 bits per heavy atom. The van der Waals surface area contributed by atoms with Crippen LogP contribution in [0.4, 0.5) is 0 Å². The van der Waals surface area contributed by atoms with Crippen LogP contribution in [0.15, 0.2) is 84.9 Å². The van der Waals surface area contributed by atoms with Crippen LogP contribution >= 0.6 is 0 Å². The van der Waals surface area contributed by atoms with Gasteiger partial charge in [-0.1, -0.05) is 92.1 Å². The van der Waals surface area contributed by atoms with Gasteiger partial charge in [0.05, 0.1) is 28.9 Å². The van der Waals surface area contributed by atoms with Crippen LogP contribution in [0.2, 0.25) is 0 Å². The Labute approximate surface area is 243 Å². The third kappa shape index (κ3) is 6.39. The van der Waals surface area contributed by atoms with E-state index < -0.39 is 57.4 Å². The molecule has 0 amide bonds. The van der Waals surface area contributed by atoms with E-state index in [4.69, 9.17) is 9.47 Å². The van der Waals surface area contributed by atoms with Gasteiger partial charge >= 0.3 is 11.9 Å². The van der Waals surface area contributed by atoms with Crippen molar-refractivity contribution in [2.75, 3.05) is 6.61 Å². The predicted octanol–water partition coefficient (Wildman–Crippen LogP) is 6.43. The first-order valence-electron chi connectivity index (χ1n) is 13.5. The Hall–Kier alpha value is -5.24. The number of unbranched alkanes of at least 4 members (excludes halogenated alkanes) is 2. The first kappa shape index (κ1) is 29.7. The van der Waals surface area contributed by atoms with Crippen LogP contribution in [0.3, 0.4) is 0 Å². The van der Waals surface area contributed by atoms with E-state index in [0.29, 0.717) is 6.42 Å². The number of hydrogen-bond donors (Lipinski definition) is 2. The van der Waals surface area contributed by atoms with Crippen LogP contribution in [0, 0.1) is 6.92 Å². The maximum atomic E-state index is 14.1. The summed E-state index contributed by atoms with van der Waals surface area (Å²) < 4.78 is 11.0. The number of ether oxygens (including phenoxy) is 2. The molecule has 0 aliphatic heterocycles. The normalized spacial score (nSPS) is 10.6. The van der Waals surface area contributed by atoms with Crippen LogP contribution in [-0.4, -0.2) is 40.3 Å². The molecule has 0 saturated carbocycles. The zero-order valence-electron chi connectivity index (χ0n) is 23.3. The number of hydrogen-bond acceptors (Lipinski definition) is 8. The third-order valence-corrected chi connectivity index (χ3v) is 6.56. The number of ketones is 2. The monoisotopic (exact) mass is 566 g/mol. The molecule has 0 saturated heterocycles. The number of phenolic OH excluding ortho intramolecular Hbond substituents is 2. The number of aryl methyl sites for hydroxylation is 1. The maximum Gasteiger partial charge on any atom is 0.343 e. The van der Waals surface area contributed by atoms with Crippen LogP contribution in [0.25, 0.3) is 0 Å². The van der Waals surface area contributed by atoms with Crippen molar-refractivity contribution in [3.05, 3.63) is 124 Å². The van der Waals surface area contributed by atoms with Gasteiger partial charge < -0.3 is 19.7 Å². The van der Waals surface area contributed by atoms with E-state index in [9.17, 15) is 29.4 Å². The number of carbonyl (C=O) groups excluding carboxylic acids is 4. The standard InChI is InChI=1S/C34H30O8/c1-3-4-11-19-41-34(40)25-26(28(35)22-14-7-5-8-15-22)30(37)31(38)32(42-33(39)23-16-9-6-10-17-23)27(25)29(36)24-18-12-13-21(2)20-24/h5-10,12-18,20,37-38H,3-4,11,19H2,1-2H3. The average molecular weight is 567 g/mol. The lowest BCUT2D eigenvalue weighted by atomic mass is 9.88. The predicted molar refractivity (Wildman–Crippen MR) is 155 cm³/mol. The zero-order chi connectivity index (χ0) is 30.2. The van der Waals surface area contributed by atoms with Crippen molar-refractivity contribution in [2.45, 2.75) is 33.1 Å². The third-order valence-electron chi connectivity index (χ3n) is 6.56. The van der Waals surface area contributed by atoms with E-state index in [1.165, 1.54) is 30.3 Å². The average Bonchev–Trinajstić information content (AvgIpc) is 3.01. The number of benzene rings is 4. The summed E-state index contributed by atoms with van der Waals surface area (Å²) in [4.78, 5) is 54.7. The molecule has 0 spiro atoms. The highest BCUT2D eigenvalue weighted by molar-refractivity contribution is 6.24. The Kier molecular flexibility index (Phi) is 9.50. The lowest BCUT2D eigenvalue weighted by molar-refractivity contribution is 0.0489. The second-order valence-electron chi connectivity index (χ2n) is 9.64. The number of rotatable bonds is 11. The first-order chi connectivity index (χ1) is 20.2. The van der Waals surface area contributed by atoms with Gasteiger partial charge in [-0.25, -0.2) is 9.59 Å². The molecule has 0 aliphatic rings. The lowest BCUT2D eigenvalue weighted by Crippen LogP contribution is -2.22. The number of aromatic hydroxyl groups is 2. The Bertz CT molecular complexity index is 1620. The molecular weight excluding hydrogens is 536 g/mol. The fourth-order valence-corrected chi connectivity index (χ4v) is 4.42. The molecule has 0 unspecified atom stereocenters. The van der Waals surface area contributed by atoms with Gasteiger partial charge in [0, 0.05) is 11.1 Å². The number of carbonyl (C=O) groups is 4. The molecule has 4 rings (SSSR count). The van der Waals surface area contributed by atoms with Crippen molar-refractivity contribution in [3.63, 3.8) is 0 Å². The maximum absolute atomic E-state index is 14.1. The Morgan fingerprint density at radius 3 is 1.86 bits per heavy atom. The largest absolute Gasteiger partial charge is 0.504 e. The highest BCUT2D eigenvalue weighted by Crippen LogP contribution is 2.46. The van der Waals surface area contributed by atoms with Crippen LogP contribution in [0.1, 0.15) is 84.3 Å². The van der Waals surface area contributed by atoms with Gasteiger partial charge in [-0.05, 0) is 31.5 Å². The van der Waals surface area contributed by atoms with E-state index in [2.05, 4.69) is 0 Å². The lowest BCUT2D eigenvalue weighted by Gasteiger charge is -2.20. The minimum absolute atomic E-state index is 0.0233. The Morgan fingerprint density at radius 1 is 0.643 bits per heavy atom. The van der Waals surface area contributed by atoms with Gasteiger partial charge in [0.25, 0.3) is 0 Å². The molecule has 4 aromatic carbocycles. The fourth-order valence-electron chi connectivity index (χ4n) is 4.42. The summed E-state index contributed by atoms with van der Waals surface area (Å²) >= 11 is 0. The van der Waals surface area contributed by atoms with Crippen LogP contribution in [0.5, 0.6) is 17.2 Å². The fraction of sp³-hybridized carbons (Fsp3) is 0.176. The highest BCUT2D eigenvalue weighted by atomic mass is 16.5. The molecule has 0 radical (unpaired) electrons. The Balaban J connectivity index is 2.01. The summed E-state index contributed by atoms with van der Waals surface area (Å²) in [7, 11) is 0. The first-order valence-corrected chi connectivity index (χ1v) is 13.5. The molecule has 0 atom stereocenters. The van der Waals surface area contributed by atoms with Crippen molar-refractivity contribution in [1.82, 2.24) is 0 Å². The molecule has 2 N–H and O–H groups in total. The van der Waals surface area contributed by atoms with Crippen molar-refractivity contribution in [3.8, 4) is 17.2 Å². The van der Waals surface area contributed by atoms with Crippen molar-refractivity contribution < 1.29 is 38.9 Å². The molecule has 0 fully saturated rings. The summed E-state index contributed by atoms with van der Waals surface area (Å²) in [6.07, 6.45) is 2.14. The zero-order valence-corrected chi connectivity index (χ0v) is 23.3. The molecule has 0 heterocycles. The molecule has 8 heteroatoms. The summed E-state index contributed by atoms with van der Waals surface area (Å²) in [6, 6.07) is 22.0. The molecular formula is C34H30O8. The summed E-state index contributed by atoms with van der Waals surface area (Å²) in [5.41, 5.74) is -0.868. The highest BCUT2D eigenvalue weighted by Gasteiger charge is 2.37. The van der Waals surface area contributed by atoms with E-state index in [1.54, 1.807) is 61.5 Å². The van der Waals surface area contributed by atoms with Gasteiger partial charge in [-0.3, -0.25) is 9.59 Å². The van der Waals surface area contributed by atoms with Crippen molar-refractivity contribution in [1.29, 1.82) is 0 Å². The molecule has 0 bridgehead atoms. The van der Waals surface area contributed by atoms with E-state index in [-0.39, 0.29) is 23.3 Å². The van der Waals surface area contributed by atoms with Gasteiger partial charge in [0.15, 0.2) is 23.1 Å². The molecule has 0 aliphatic carbocycles. The van der Waals surface area contributed by atoms with Crippen molar-refractivity contribution in [2.24, 2.45) is 0 Å². The smallest absolute Gasteiger partial charge is 0.343 e. The quantitative estimate of drug-likeness (QED) is 0.0699. The minimum atomic E-state index is -1.09. The van der Waals surface area contributed by atoms with E-state index in [0.717, 1.165) is 18.4 Å². The van der Waals surface area contributed by atoms with Crippen LogP contribution in [-0.2, 0) is 4.74 Å². The summed E-state index contributed by atoms with van der Waals surface area (Å²) in [5, 5.41) is 22.3. The van der Waals surface area contributed by atoms with E-state index in [1.807, 2.05) is 6.92 Å². The molecule has 8 nitrogen and oxygen atoms in total. The van der Waals surface area contributed by atoms with Crippen molar-refractivity contribution >= 4 is 23.5 Å². The molecule has 42 heavy (non-hydrogen) atoms. The SMILES string of the molecule is CCCCCOC(=O)c1c(C(=O)c2ccccc2)c(O)c(O)c(OC(=O)c2ccccc2)c1C(=O)c1cccc(C)c1. The molecule has 0 aromatic heterocycles. The molecule has 4 aromatic rings. The van der Waals surface area contributed by atoms with Gasteiger partial charge in [0.2, 0.25) is 5.75 Å². The molecule has 214 valence electrons. The number of esters is 2. The second-order valence-corrected chi connectivity index (χ2v) is 9.64. The number of phenols is 2. The topological polar surface area (TPSA) is 127 Å². The van der Waals surface area contributed by atoms with Gasteiger partial charge in [0.1, 0.15) is 0 Å². The second kappa shape index (κ2) is 13.4.